The standard InChI is InChI=1S/C25H17Br2ClN2O5/c1-34-21-11-14(10-19(27)22(21)35-13-15-5-2-3-8-20(15)28)9-18-23(31)29-25(33)30(24(18)32)17-7-4-6-16(26)12-17/h2-12H,13H2,1H3,(H,29,31,33)/b18-9-. The quantitative estimate of drug-likeness (QED) is 0.265. The molecule has 35 heavy (non-hydrogen) atoms. The fourth-order valence-electron chi connectivity index (χ4n) is 3.40. The van der Waals surface area contributed by atoms with Gasteiger partial charge in [0.25, 0.3) is 11.8 Å². The first-order valence-corrected chi connectivity index (χ1v) is 12.2. The molecule has 1 N–H and O–H groups in total. The van der Waals surface area contributed by atoms with Crippen LogP contribution in [-0.2, 0) is 16.2 Å². The van der Waals surface area contributed by atoms with E-state index in [9.17, 15) is 14.4 Å². The molecule has 1 heterocycles. The predicted molar refractivity (Wildman–Crippen MR) is 140 cm³/mol. The van der Waals surface area contributed by atoms with Crippen LogP contribution in [0.3, 0.4) is 0 Å². The maximum atomic E-state index is 13.1. The number of imide groups is 2. The van der Waals surface area contributed by atoms with Gasteiger partial charge in [0.05, 0.1) is 17.3 Å². The molecule has 3 aromatic rings. The summed E-state index contributed by atoms with van der Waals surface area (Å²) in [6.07, 6.45) is 1.39. The normalized spacial score (nSPS) is 14.8. The number of benzene rings is 3. The Bertz CT molecular complexity index is 1380. The molecular weight excluding hydrogens is 604 g/mol. The third-order valence-corrected chi connectivity index (χ3v) is 6.51. The molecule has 7 nitrogen and oxygen atoms in total. The Balaban J connectivity index is 1.65. The van der Waals surface area contributed by atoms with Crippen molar-refractivity contribution in [3.05, 3.63) is 91.3 Å². The molecule has 4 rings (SSSR count). The van der Waals surface area contributed by atoms with Gasteiger partial charge < -0.3 is 9.47 Å². The van der Waals surface area contributed by atoms with Crippen LogP contribution in [0.15, 0.2) is 75.2 Å². The Morgan fingerprint density at radius 2 is 1.80 bits per heavy atom. The lowest BCUT2D eigenvalue weighted by Crippen LogP contribution is -2.54. The van der Waals surface area contributed by atoms with Crippen molar-refractivity contribution < 1.29 is 23.9 Å². The fraction of sp³-hybridized carbons (Fsp3) is 0.0800. The number of nitrogens with one attached hydrogen (secondary N) is 1. The summed E-state index contributed by atoms with van der Waals surface area (Å²) in [5.74, 6) is -0.729. The first-order chi connectivity index (χ1) is 16.8. The zero-order chi connectivity index (χ0) is 25.1. The van der Waals surface area contributed by atoms with E-state index < -0.39 is 17.8 Å². The number of amides is 4. The number of ether oxygens (including phenoxy) is 2. The summed E-state index contributed by atoms with van der Waals surface area (Å²) in [5.41, 5.74) is 1.41. The van der Waals surface area contributed by atoms with Gasteiger partial charge in [0.2, 0.25) is 0 Å². The van der Waals surface area contributed by atoms with Crippen LogP contribution >= 0.6 is 43.5 Å². The summed E-state index contributed by atoms with van der Waals surface area (Å²) in [6.45, 7) is 0.208. The van der Waals surface area contributed by atoms with Gasteiger partial charge in [-0.1, -0.05) is 51.8 Å². The Kier molecular flexibility index (Phi) is 7.59. The highest BCUT2D eigenvalue weighted by atomic mass is 79.9. The van der Waals surface area contributed by atoms with Gasteiger partial charge in [-0.25, -0.2) is 9.69 Å². The molecule has 1 fully saturated rings. The fourth-order valence-corrected chi connectivity index (χ4v) is 4.55. The van der Waals surface area contributed by atoms with Crippen molar-refractivity contribution in [1.82, 2.24) is 5.32 Å². The van der Waals surface area contributed by atoms with Crippen LogP contribution in [-0.4, -0.2) is 25.0 Å². The topological polar surface area (TPSA) is 84.9 Å². The van der Waals surface area contributed by atoms with Crippen LogP contribution in [0.25, 0.3) is 6.08 Å². The van der Waals surface area contributed by atoms with E-state index in [1.165, 1.54) is 13.2 Å². The third-order valence-electron chi connectivity index (χ3n) is 5.06. The maximum Gasteiger partial charge on any atom is 0.335 e. The number of hydrogen-bond donors (Lipinski definition) is 1. The number of rotatable bonds is 6. The molecule has 3 aromatic carbocycles. The van der Waals surface area contributed by atoms with Crippen LogP contribution in [0.4, 0.5) is 10.5 Å². The Labute approximate surface area is 222 Å². The average molecular weight is 621 g/mol. The van der Waals surface area contributed by atoms with Crippen LogP contribution in [0.5, 0.6) is 11.5 Å². The van der Waals surface area contributed by atoms with E-state index in [4.69, 9.17) is 21.1 Å². The first-order valence-electron chi connectivity index (χ1n) is 10.2. The molecule has 0 bridgehead atoms. The Morgan fingerprint density at radius 1 is 1.03 bits per heavy atom. The first kappa shape index (κ1) is 25.0. The smallest absolute Gasteiger partial charge is 0.335 e. The van der Waals surface area contributed by atoms with E-state index >= 15 is 0 Å². The van der Waals surface area contributed by atoms with E-state index in [1.54, 1.807) is 42.5 Å². The van der Waals surface area contributed by atoms with Gasteiger partial charge in [0, 0.05) is 15.1 Å². The van der Waals surface area contributed by atoms with Gasteiger partial charge in [0.1, 0.15) is 12.2 Å². The van der Waals surface area contributed by atoms with Crippen molar-refractivity contribution in [2.75, 3.05) is 12.0 Å². The summed E-state index contributed by atoms with van der Waals surface area (Å²) in [5, 5.41) is 2.79. The molecule has 1 aliphatic rings. The lowest BCUT2D eigenvalue weighted by molar-refractivity contribution is -0.122. The van der Waals surface area contributed by atoms with Crippen molar-refractivity contribution >= 4 is 73.1 Å². The number of methoxy groups -OCH3 is 1. The number of carbonyl (C=O) groups excluding carboxylic acids is 3. The molecule has 0 atom stereocenters. The number of nitrogens with zero attached hydrogens (tertiary/aromatic N) is 1. The van der Waals surface area contributed by atoms with E-state index in [2.05, 4.69) is 37.2 Å². The maximum absolute atomic E-state index is 13.1. The SMILES string of the molecule is COc1cc(/C=C2/C(=O)NC(=O)N(c3cccc(Br)c3)C2=O)cc(Br)c1OCc1ccccc1Cl. The minimum atomic E-state index is -0.822. The summed E-state index contributed by atoms with van der Waals surface area (Å²) in [4.78, 5) is 39.0. The van der Waals surface area contributed by atoms with Crippen LogP contribution in [0.1, 0.15) is 11.1 Å². The minimum Gasteiger partial charge on any atom is -0.493 e. The number of barbiturate groups is 1. The van der Waals surface area contributed by atoms with Crippen molar-refractivity contribution in [2.45, 2.75) is 6.61 Å². The van der Waals surface area contributed by atoms with Gasteiger partial charge in [-0.15, -0.1) is 0 Å². The predicted octanol–water partition coefficient (Wildman–Crippen LogP) is 6.12. The summed E-state index contributed by atoms with van der Waals surface area (Å²) in [6, 6.07) is 16.5. The van der Waals surface area contributed by atoms with E-state index in [0.717, 1.165) is 10.5 Å². The average Bonchev–Trinajstić information content (AvgIpc) is 2.81. The monoisotopic (exact) mass is 618 g/mol. The summed E-state index contributed by atoms with van der Waals surface area (Å²) >= 11 is 13.0. The highest BCUT2D eigenvalue weighted by Gasteiger charge is 2.37. The molecule has 1 aliphatic heterocycles. The van der Waals surface area contributed by atoms with E-state index in [1.807, 2.05) is 18.2 Å². The summed E-state index contributed by atoms with van der Waals surface area (Å²) in [7, 11) is 1.48. The molecule has 0 unspecified atom stereocenters. The number of anilines is 1. The second kappa shape index (κ2) is 10.6. The van der Waals surface area contributed by atoms with E-state index in [-0.39, 0.29) is 12.2 Å². The second-order valence-electron chi connectivity index (χ2n) is 7.35. The highest BCUT2D eigenvalue weighted by molar-refractivity contribution is 9.10. The van der Waals surface area contributed by atoms with E-state index in [0.29, 0.717) is 36.7 Å². The third kappa shape index (κ3) is 5.42. The number of carbonyl (C=O) groups is 3. The van der Waals surface area contributed by atoms with Crippen molar-refractivity contribution in [2.24, 2.45) is 0 Å². The molecule has 178 valence electrons. The van der Waals surface area contributed by atoms with Gasteiger partial charge in [-0.05, 0) is 64.0 Å². The van der Waals surface area contributed by atoms with Crippen molar-refractivity contribution in [1.29, 1.82) is 0 Å². The molecule has 0 aliphatic carbocycles. The number of halogens is 3. The van der Waals surface area contributed by atoms with Crippen molar-refractivity contribution in [3.8, 4) is 11.5 Å². The molecule has 0 spiro atoms. The largest absolute Gasteiger partial charge is 0.493 e. The molecule has 0 aromatic heterocycles. The van der Waals surface area contributed by atoms with Crippen LogP contribution < -0.4 is 19.7 Å². The molecule has 1 saturated heterocycles. The van der Waals surface area contributed by atoms with Gasteiger partial charge in [-0.2, -0.15) is 0 Å². The number of hydrogen-bond acceptors (Lipinski definition) is 5. The van der Waals surface area contributed by atoms with Gasteiger partial charge in [-0.3, -0.25) is 14.9 Å². The molecule has 10 heteroatoms. The molecular formula is C25H17Br2ClN2O5. The number of urea groups is 1. The molecule has 4 amide bonds. The lowest BCUT2D eigenvalue weighted by atomic mass is 10.1. The lowest BCUT2D eigenvalue weighted by Gasteiger charge is -2.26. The van der Waals surface area contributed by atoms with Crippen molar-refractivity contribution in [3.63, 3.8) is 0 Å². The minimum absolute atomic E-state index is 0.205. The van der Waals surface area contributed by atoms with Crippen LogP contribution in [0.2, 0.25) is 5.02 Å². The van der Waals surface area contributed by atoms with Crippen LogP contribution in [0, 0.1) is 0 Å². The summed E-state index contributed by atoms with van der Waals surface area (Å²) < 4.78 is 12.6. The second-order valence-corrected chi connectivity index (χ2v) is 9.53. The zero-order valence-corrected chi connectivity index (χ0v) is 22.1. The zero-order valence-electron chi connectivity index (χ0n) is 18.2. The Morgan fingerprint density at radius 3 is 2.51 bits per heavy atom. The highest BCUT2D eigenvalue weighted by Crippen LogP contribution is 2.38. The van der Waals surface area contributed by atoms with Gasteiger partial charge in [0.15, 0.2) is 11.5 Å². The Hall–Kier alpha value is -3.14. The van der Waals surface area contributed by atoms with Gasteiger partial charge >= 0.3 is 6.03 Å². The molecule has 0 saturated carbocycles. The molecule has 0 radical (unpaired) electrons.